The van der Waals surface area contributed by atoms with E-state index in [0.717, 1.165) is 70.6 Å². The molecule has 0 aliphatic rings. The van der Waals surface area contributed by atoms with Crippen LogP contribution >= 0.6 is 0 Å². The van der Waals surface area contributed by atoms with Crippen molar-refractivity contribution >= 4 is 17.9 Å². The summed E-state index contributed by atoms with van der Waals surface area (Å²) in [5, 5.41) is 9.58. The van der Waals surface area contributed by atoms with E-state index in [1.54, 1.807) is 0 Å². The zero-order valence-electron chi connectivity index (χ0n) is 32.1. The van der Waals surface area contributed by atoms with Crippen molar-refractivity contribution in [2.75, 3.05) is 47.5 Å². The molecule has 0 saturated heterocycles. The summed E-state index contributed by atoms with van der Waals surface area (Å²) < 4.78 is 22.6. The molecule has 0 fully saturated rings. The number of allylic oxidation sites excluding steroid dienone is 4. The molecule has 0 aromatic carbocycles. The summed E-state index contributed by atoms with van der Waals surface area (Å²) in [4.78, 5) is 36.8. The summed E-state index contributed by atoms with van der Waals surface area (Å²) in [6, 6.07) is 0. The van der Waals surface area contributed by atoms with Crippen LogP contribution in [0.1, 0.15) is 155 Å². The Hall–Kier alpha value is -2.23. The molecule has 0 spiro atoms. The van der Waals surface area contributed by atoms with Crippen molar-refractivity contribution in [3.05, 3.63) is 24.3 Å². The number of hydrogen-bond donors (Lipinski definition) is 1. The largest absolute Gasteiger partial charge is 0.477 e. The van der Waals surface area contributed by atoms with Gasteiger partial charge in [-0.3, -0.25) is 9.59 Å². The number of unbranched alkanes of at least 4 members (excludes halogenated alkanes) is 16. The van der Waals surface area contributed by atoms with Gasteiger partial charge in [-0.2, -0.15) is 0 Å². The Morgan fingerprint density at radius 3 is 1.51 bits per heavy atom. The van der Waals surface area contributed by atoms with E-state index in [1.165, 1.54) is 51.4 Å². The van der Waals surface area contributed by atoms with Crippen molar-refractivity contribution in [3.8, 4) is 0 Å². The Balaban J connectivity index is 4.56. The van der Waals surface area contributed by atoms with Gasteiger partial charge in [0.1, 0.15) is 13.2 Å². The molecule has 0 amide bonds. The van der Waals surface area contributed by atoms with E-state index < -0.39 is 24.3 Å². The van der Waals surface area contributed by atoms with E-state index in [0.29, 0.717) is 23.9 Å². The molecule has 2 unspecified atom stereocenters. The number of aliphatic carboxylic acids is 1. The highest BCUT2D eigenvalue weighted by Gasteiger charge is 2.25. The summed E-state index contributed by atoms with van der Waals surface area (Å²) in [5.41, 5.74) is 0. The summed E-state index contributed by atoms with van der Waals surface area (Å²) in [6.45, 7) is 4.78. The van der Waals surface area contributed by atoms with Crippen LogP contribution in [0.5, 0.6) is 0 Å². The molecule has 0 radical (unpaired) electrons. The highest BCUT2D eigenvalue weighted by atomic mass is 16.7. The first kappa shape index (κ1) is 46.8. The van der Waals surface area contributed by atoms with Crippen LogP contribution in [0, 0.1) is 0 Å². The monoisotopic (exact) mass is 697 g/mol. The minimum absolute atomic E-state index is 0.185. The van der Waals surface area contributed by atoms with Crippen molar-refractivity contribution in [3.63, 3.8) is 0 Å². The van der Waals surface area contributed by atoms with Gasteiger partial charge >= 0.3 is 17.9 Å². The zero-order valence-corrected chi connectivity index (χ0v) is 32.1. The van der Waals surface area contributed by atoms with Gasteiger partial charge in [-0.1, -0.05) is 102 Å². The molecule has 0 heterocycles. The van der Waals surface area contributed by atoms with Gasteiger partial charge in [0.15, 0.2) is 6.10 Å². The third-order valence-corrected chi connectivity index (χ3v) is 8.18. The van der Waals surface area contributed by atoms with Gasteiger partial charge in [0, 0.05) is 12.8 Å². The molecule has 1 N–H and O–H groups in total. The second-order valence-electron chi connectivity index (χ2n) is 14.2. The van der Waals surface area contributed by atoms with Crippen LogP contribution in [0.3, 0.4) is 0 Å². The summed E-state index contributed by atoms with van der Waals surface area (Å²) in [6.07, 6.45) is 29.5. The molecule has 0 aliphatic heterocycles. The van der Waals surface area contributed by atoms with E-state index >= 15 is 0 Å². The number of rotatable bonds is 35. The Morgan fingerprint density at radius 1 is 0.592 bits per heavy atom. The van der Waals surface area contributed by atoms with Gasteiger partial charge in [0.2, 0.25) is 0 Å². The lowest BCUT2D eigenvalue weighted by molar-refractivity contribution is -0.870. The third-order valence-electron chi connectivity index (χ3n) is 8.18. The number of hydrogen-bond acceptors (Lipinski definition) is 7. The normalized spacial score (nSPS) is 13.2. The molecule has 0 saturated carbocycles. The summed E-state index contributed by atoms with van der Waals surface area (Å²) in [5.74, 6) is -2.03. The fraction of sp³-hybridized carbons (Fsp3) is 0.825. The van der Waals surface area contributed by atoms with Crippen LogP contribution in [0.4, 0.5) is 0 Å². The smallest absolute Gasteiger partial charge is 0.361 e. The molecule has 49 heavy (non-hydrogen) atoms. The molecule has 0 rings (SSSR count). The first-order valence-corrected chi connectivity index (χ1v) is 19.5. The predicted molar refractivity (Wildman–Crippen MR) is 198 cm³/mol. The van der Waals surface area contributed by atoms with Gasteiger partial charge in [-0.05, 0) is 64.2 Å². The van der Waals surface area contributed by atoms with Crippen LogP contribution in [0.2, 0.25) is 0 Å². The van der Waals surface area contributed by atoms with Gasteiger partial charge in [-0.15, -0.1) is 0 Å². The van der Waals surface area contributed by atoms with Gasteiger partial charge in [0.05, 0.1) is 34.4 Å². The fourth-order valence-electron chi connectivity index (χ4n) is 5.06. The van der Waals surface area contributed by atoms with Crippen molar-refractivity contribution in [1.29, 1.82) is 0 Å². The number of carboxylic acids is 1. The SMILES string of the molecule is CCCCC/C=C\CCCCCCCC(=O)OCC(COC(OCC[N+](C)(C)C)C(=O)O)OC(=O)CCCCCCC/C=C\CCCCC. The van der Waals surface area contributed by atoms with Gasteiger partial charge < -0.3 is 28.5 Å². The van der Waals surface area contributed by atoms with Crippen molar-refractivity contribution in [2.24, 2.45) is 0 Å². The first-order chi connectivity index (χ1) is 23.6. The van der Waals surface area contributed by atoms with Crippen LogP contribution in [0.15, 0.2) is 24.3 Å². The average molecular weight is 697 g/mol. The molecule has 2 atom stereocenters. The van der Waals surface area contributed by atoms with E-state index in [9.17, 15) is 19.5 Å². The van der Waals surface area contributed by atoms with E-state index in [4.69, 9.17) is 18.9 Å². The van der Waals surface area contributed by atoms with Crippen LogP contribution in [-0.4, -0.2) is 87.4 Å². The van der Waals surface area contributed by atoms with Crippen molar-refractivity contribution < 1.29 is 42.9 Å². The van der Waals surface area contributed by atoms with E-state index in [1.807, 2.05) is 21.1 Å². The maximum atomic E-state index is 12.7. The highest BCUT2D eigenvalue weighted by Crippen LogP contribution is 2.12. The number of ether oxygens (including phenoxy) is 4. The lowest BCUT2D eigenvalue weighted by atomic mass is 10.1. The van der Waals surface area contributed by atoms with Crippen molar-refractivity contribution in [1.82, 2.24) is 0 Å². The average Bonchev–Trinajstić information content (AvgIpc) is 3.05. The minimum atomic E-state index is -1.51. The minimum Gasteiger partial charge on any atom is -0.477 e. The Morgan fingerprint density at radius 2 is 1.04 bits per heavy atom. The number of nitrogens with zero attached hydrogens (tertiary/aromatic N) is 1. The van der Waals surface area contributed by atoms with E-state index in [2.05, 4.69) is 38.2 Å². The Kier molecular flexibility index (Phi) is 31.4. The molecule has 9 heteroatoms. The molecule has 0 aromatic rings. The highest BCUT2D eigenvalue weighted by molar-refractivity contribution is 5.71. The van der Waals surface area contributed by atoms with Crippen LogP contribution in [0.25, 0.3) is 0 Å². The van der Waals surface area contributed by atoms with Gasteiger partial charge in [-0.25, -0.2) is 4.79 Å². The Labute approximate surface area is 299 Å². The fourth-order valence-corrected chi connectivity index (χ4v) is 5.06. The van der Waals surface area contributed by atoms with E-state index in [-0.39, 0.29) is 32.2 Å². The molecule has 0 bridgehead atoms. The molecular weight excluding hydrogens is 622 g/mol. The lowest BCUT2D eigenvalue weighted by Crippen LogP contribution is -2.40. The quantitative estimate of drug-likeness (QED) is 0.0230. The standard InChI is InChI=1S/C40H73NO8/c1-6-8-10-12-14-16-18-20-22-24-26-28-30-37(42)47-34-36(35-48-40(39(44)45)46-33-32-41(3,4)5)49-38(43)31-29-27-25-23-21-19-17-15-13-11-9-7-2/h14-17,36,40H,6-13,18-35H2,1-5H3/p+1/b16-14-,17-15-. The maximum absolute atomic E-state index is 12.7. The molecule has 9 nitrogen and oxygen atoms in total. The summed E-state index contributed by atoms with van der Waals surface area (Å²) in [7, 11) is 5.94. The third kappa shape index (κ3) is 34.0. The van der Waals surface area contributed by atoms with Crippen LogP contribution < -0.4 is 0 Å². The molecule has 0 aromatic heterocycles. The number of likely N-dealkylation sites (N-methyl/N-ethyl adjacent to an activating group) is 1. The number of carboxylic acid groups (broad SMARTS) is 1. The van der Waals surface area contributed by atoms with Gasteiger partial charge in [0.25, 0.3) is 6.29 Å². The van der Waals surface area contributed by atoms with Crippen LogP contribution in [-0.2, 0) is 33.3 Å². The van der Waals surface area contributed by atoms with Crippen molar-refractivity contribution in [2.45, 2.75) is 167 Å². The number of carbonyl (C=O) groups is 3. The molecule has 286 valence electrons. The molecule has 0 aliphatic carbocycles. The maximum Gasteiger partial charge on any atom is 0.361 e. The topological polar surface area (TPSA) is 108 Å². The lowest BCUT2D eigenvalue weighted by Gasteiger charge is -2.25. The number of esters is 2. The first-order valence-electron chi connectivity index (χ1n) is 19.5. The molecular formula is C40H74NO8+. The number of carbonyl (C=O) groups excluding carboxylic acids is 2. The zero-order chi connectivity index (χ0) is 36.4. The second-order valence-corrected chi connectivity index (χ2v) is 14.2. The summed E-state index contributed by atoms with van der Waals surface area (Å²) >= 11 is 0. The predicted octanol–water partition coefficient (Wildman–Crippen LogP) is 9.33. The Bertz CT molecular complexity index is 867. The number of quaternary nitrogens is 1. The second kappa shape index (κ2) is 32.9.